The second-order valence-electron chi connectivity index (χ2n) is 4.37. The van der Waals surface area contributed by atoms with Crippen molar-refractivity contribution in [2.75, 3.05) is 7.11 Å². The van der Waals surface area contributed by atoms with E-state index in [2.05, 4.69) is 15.9 Å². The average Bonchev–Trinajstić information content (AvgIpc) is 2.41. The highest BCUT2D eigenvalue weighted by atomic mass is 79.9. The fourth-order valence-corrected chi connectivity index (χ4v) is 2.50. The van der Waals surface area contributed by atoms with E-state index in [1.165, 1.54) is 0 Å². The first-order valence-electron chi connectivity index (χ1n) is 6.03. The lowest BCUT2D eigenvalue weighted by atomic mass is 9.99. The Balaban J connectivity index is 2.23. The molecular formula is C16H15BrO2. The Labute approximate surface area is 121 Å². The first-order chi connectivity index (χ1) is 9.11. The van der Waals surface area contributed by atoms with Crippen LogP contribution in [0.1, 0.15) is 21.5 Å². The summed E-state index contributed by atoms with van der Waals surface area (Å²) in [6, 6.07) is 13.4. The normalized spacial score (nSPS) is 10.3. The van der Waals surface area contributed by atoms with E-state index in [0.29, 0.717) is 12.0 Å². The number of halogens is 1. The highest BCUT2D eigenvalue weighted by Crippen LogP contribution is 2.24. The van der Waals surface area contributed by atoms with Crippen molar-refractivity contribution < 1.29 is 9.53 Å². The van der Waals surface area contributed by atoms with Crippen molar-refractivity contribution in [1.82, 2.24) is 0 Å². The average molecular weight is 319 g/mol. The number of benzene rings is 2. The minimum absolute atomic E-state index is 0.101. The lowest BCUT2D eigenvalue weighted by Gasteiger charge is -2.08. The third-order valence-corrected chi connectivity index (χ3v) is 3.75. The van der Waals surface area contributed by atoms with Crippen LogP contribution in [0.15, 0.2) is 46.9 Å². The molecule has 2 aromatic rings. The van der Waals surface area contributed by atoms with Crippen LogP contribution in [0.5, 0.6) is 5.75 Å². The van der Waals surface area contributed by atoms with Crippen molar-refractivity contribution in [2.24, 2.45) is 0 Å². The maximum atomic E-state index is 12.3. The number of ether oxygens (including phenoxy) is 1. The number of rotatable bonds is 4. The predicted octanol–water partition coefficient (Wildman–Crippen LogP) is 4.19. The summed E-state index contributed by atoms with van der Waals surface area (Å²) in [7, 11) is 1.61. The summed E-state index contributed by atoms with van der Waals surface area (Å²) >= 11 is 3.42. The highest BCUT2D eigenvalue weighted by molar-refractivity contribution is 9.10. The molecule has 2 aromatic carbocycles. The lowest BCUT2D eigenvalue weighted by molar-refractivity contribution is 0.0992. The van der Waals surface area contributed by atoms with Crippen LogP contribution in [-0.4, -0.2) is 12.9 Å². The molecule has 0 fully saturated rings. The minimum atomic E-state index is 0.101. The van der Waals surface area contributed by atoms with Crippen LogP contribution in [0.3, 0.4) is 0 Å². The summed E-state index contributed by atoms with van der Waals surface area (Å²) in [6.45, 7) is 2.02. The van der Waals surface area contributed by atoms with Crippen LogP contribution < -0.4 is 4.74 Å². The van der Waals surface area contributed by atoms with Gasteiger partial charge in [0.05, 0.1) is 7.11 Å². The Morgan fingerprint density at radius 3 is 2.58 bits per heavy atom. The molecule has 0 bridgehead atoms. The summed E-state index contributed by atoms with van der Waals surface area (Å²) in [5.41, 5.74) is 2.89. The zero-order valence-corrected chi connectivity index (χ0v) is 12.5. The molecule has 19 heavy (non-hydrogen) atoms. The van der Waals surface area contributed by atoms with Crippen LogP contribution in [0, 0.1) is 6.92 Å². The summed E-state index contributed by atoms with van der Waals surface area (Å²) in [6.07, 6.45) is 0.414. The number of methoxy groups -OCH3 is 1. The maximum absolute atomic E-state index is 12.3. The Bertz CT molecular complexity index is 605. The Morgan fingerprint density at radius 2 is 1.95 bits per heavy atom. The highest BCUT2D eigenvalue weighted by Gasteiger charge is 2.12. The molecule has 0 heterocycles. The van der Waals surface area contributed by atoms with E-state index in [9.17, 15) is 4.79 Å². The van der Waals surface area contributed by atoms with Gasteiger partial charge in [-0.3, -0.25) is 4.79 Å². The van der Waals surface area contributed by atoms with E-state index in [-0.39, 0.29) is 5.78 Å². The molecule has 2 nitrogen and oxygen atoms in total. The largest absolute Gasteiger partial charge is 0.497 e. The monoisotopic (exact) mass is 318 g/mol. The molecule has 0 saturated carbocycles. The van der Waals surface area contributed by atoms with Gasteiger partial charge in [-0.05, 0) is 52.2 Å². The van der Waals surface area contributed by atoms with Crippen molar-refractivity contribution in [1.29, 1.82) is 0 Å². The predicted molar refractivity (Wildman–Crippen MR) is 79.9 cm³/mol. The molecular weight excluding hydrogens is 304 g/mol. The second-order valence-corrected chi connectivity index (χ2v) is 5.23. The third-order valence-electron chi connectivity index (χ3n) is 3.09. The maximum Gasteiger partial charge on any atom is 0.168 e. The molecule has 98 valence electrons. The van der Waals surface area contributed by atoms with E-state index in [1.807, 2.05) is 37.3 Å². The van der Waals surface area contributed by atoms with E-state index in [0.717, 1.165) is 21.3 Å². The summed E-state index contributed by atoms with van der Waals surface area (Å²) in [4.78, 5) is 12.3. The number of carbonyl (C=O) groups excluding carboxylic acids is 1. The molecule has 0 N–H and O–H groups in total. The van der Waals surface area contributed by atoms with E-state index < -0.39 is 0 Å². The van der Waals surface area contributed by atoms with Gasteiger partial charge in [0, 0.05) is 16.5 Å². The topological polar surface area (TPSA) is 26.3 Å². The van der Waals surface area contributed by atoms with Gasteiger partial charge in [-0.25, -0.2) is 0 Å². The molecule has 0 radical (unpaired) electrons. The molecule has 0 atom stereocenters. The second kappa shape index (κ2) is 6.02. The molecule has 0 saturated heterocycles. The fourth-order valence-electron chi connectivity index (χ4n) is 1.93. The lowest BCUT2D eigenvalue weighted by Crippen LogP contribution is -2.05. The zero-order valence-electron chi connectivity index (χ0n) is 10.9. The quantitative estimate of drug-likeness (QED) is 0.790. The van der Waals surface area contributed by atoms with Gasteiger partial charge in [0.15, 0.2) is 5.78 Å². The van der Waals surface area contributed by atoms with Crippen LogP contribution in [0.4, 0.5) is 0 Å². The smallest absolute Gasteiger partial charge is 0.168 e. The molecule has 0 unspecified atom stereocenters. The van der Waals surface area contributed by atoms with Gasteiger partial charge in [-0.15, -0.1) is 0 Å². The SMILES string of the molecule is COc1ccc(C(=O)Cc2ccccc2C)c(Br)c1. The first-order valence-corrected chi connectivity index (χ1v) is 6.82. The van der Waals surface area contributed by atoms with Gasteiger partial charge < -0.3 is 4.74 Å². The van der Waals surface area contributed by atoms with Crippen molar-refractivity contribution in [3.63, 3.8) is 0 Å². The number of hydrogen-bond donors (Lipinski definition) is 0. The molecule has 0 aliphatic carbocycles. The number of carbonyl (C=O) groups is 1. The fraction of sp³-hybridized carbons (Fsp3) is 0.188. The Kier molecular flexibility index (Phi) is 4.38. The first kappa shape index (κ1) is 13.8. The molecule has 2 rings (SSSR count). The number of Topliss-reactive ketones (excluding diaryl/α,β-unsaturated/α-hetero) is 1. The Morgan fingerprint density at radius 1 is 1.21 bits per heavy atom. The summed E-state index contributed by atoms with van der Waals surface area (Å²) in [5, 5.41) is 0. The van der Waals surface area contributed by atoms with Crippen LogP contribution in [0.2, 0.25) is 0 Å². The van der Waals surface area contributed by atoms with Crippen molar-refractivity contribution in [3.8, 4) is 5.75 Å². The number of ketones is 1. The van der Waals surface area contributed by atoms with Gasteiger partial charge in [-0.1, -0.05) is 24.3 Å². The van der Waals surface area contributed by atoms with Crippen molar-refractivity contribution >= 4 is 21.7 Å². The van der Waals surface area contributed by atoms with E-state index in [4.69, 9.17) is 4.74 Å². The van der Waals surface area contributed by atoms with Crippen molar-refractivity contribution in [3.05, 3.63) is 63.6 Å². The minimum Gasteiger partial charge on any atom is -0.497 e. The zero-order chi connectivity index (χ0) is 13.8. The van der Waals surface area contributed by atoms with E-state index in [1.54, 1.807) is 19.2 Å². The van der Waals surface area contributed by atoms with Gasteiger partial charge >= 0.3 is 0 Å². The van der Waals surface area contributed by atoms with Crippen LogP contribution in [-0.2, 0) is 6.42 Å². The van der Waals surface area contributed by atoms with Crippen LogP contribution in [0.25, 0.3) is 0 Å². The summed E-state index contributed by atoms with van der Waals surface area (Å²) < 4.78 is 5.89. The van der Waals surface area contributed by atoms with Gasteiger partial charge in [0.2, 0.25) is 0 Å². The number of aryl methyl sites for hydroxylation is 1. The van der Waals surface area contributed by atoms with Gasteiger partial charge in [0.25, 0.3) is 0 Å². The molecule has 3 heteroatoms. The van der Waals surface area contributed by atoms with Gasteiger partial charge in [-0.2, -0.15) is 0 Å². The standard InChI is InChI=1S/C16H15BrO2/c1-11-5-3-4-6-12(11)9-16(18)14-8-7-13(19-2)10-15(14)17/h3-8,10H,9H2,1-2H3. The molecule has 0 aromatic heterocycles. The molecule has 0 aliphatic heterocycles. The Hall–Kier alpha value is -1.61. The van der Waals surface area contributed by atoms with Crippen molar-refractivity contribution in [2.45, 2.75) is 13.3 Å². The van der Waals surface area contributed by atoms with Crippen LogP contribution >= 0.6 is 15.9 Å². The van der Waals surface area contributed by atoms with Gasteiger partial charge in [0.1, 0.15) is 5.75 Å². The molecule has 0 aliphatic rings. The number of hydrogen-bond acceptors (Lipinski definition) is 2. The molecule has 0 spiro atoms. The van der Waals surface area contributed by atoms with E-state index >= 15 is 0 Å². The summed E-state index contributed by atoms with van der Waals surface area (Å²) in [5.74, 6) is 0.836. The third kappa shape index (κ3) is 3.24. The molecule has 0 amide bonds.